The smallest absolute Gasteiger partial charge is 0.305 e. The van der Waals surface area contributed by atoms with E-state index in [-0.39, 0.29) is 25.6 Å². The highest BCUT2D eigenvalue weighted by atomic mass is 35.5. The van der Waals surface area contributed by atoms with E-state index in [1.165, 1.54) is 36.4 Å². The first kappa shape index (κ1) is 19.0. The van der Waals surface area contributed by atoms with Crippen LogP contribution in [0.4, 0.5) is 11.5 Å². The Morgan fingerprint density at radius 2 is 1.85 bits per heavy atom. The highest BCUT2D eigenvalue weighted by Gasteiger charge is 2.17. The number of hydrogen-bond donors (Lipinski definition) is 3. The van der Waals surface area contributed by atoms with Crippen molar-refractivity contribution in [2.24, 2.45) is 0 Å². The fraction of sp³-hybridized carbons (Fsp3) is 0.0667. The number of thiazole rings is 1. The fourth-order valence-corrected chi connectivity index (χ4v) is 3.93. The van der Waals surface area contributed by atoms with Gasteiger partial charge in [0.15, 0.2) is 11.0 Å². The van der Waals surface area contributed by atoms with Gasteiger partial charge in [-0.05, 0) is 43.3 Å². The predicted molar refractivity (Wildman–Crippen MR) is 102 cm³/mol. The lowest BCUT2D eigenvalue weighted by Gasteiger charge is -2.08. The zero-order valence-corrected chi connectivity index (χ0v) is 16.1. The molecule has 0 aliphatic carbocycles. The van der Waals surface area contributed by atoms with Gasteiger partial charge in [0.25, 0.3) is 15.9 Å². The minimum Gasteiger partial charge on any atom is -0.321 e. The number of H-pyrrole nitrogens is 1. The van der Waals surface area contributed by atoms with Crippen molar-refractivity contribution in [1.82, 2.24) is 15.2 Å². The molecule has 0 fully saturated rings. The summed E-state index contributed by atoms with van der Waals surface area (Å²) in [5.41, 5.74) is 0.848. The summed E-state index contributed by atoms with van der Waals surface area (Å²) in [5, 5.41) is 9.94. The predicted octanol–water partition coefficient (Wildman–Crippen LogP) is 2.24. The molecule has 3 N–H and O–H groups in total. The van der Waals surface area contributed by atoms with Crippen molar-refractivity contribution in [3.63, 3.8) is 0 Å². The van der Waals surface area contributed by atoms with Crippen LogP contribution in [0.1, 0.15) is 15.4 Å². The summed E-state index contributed by atoms with van der Waals surface area (Å²) in [5.74, 6) is -0.435. The molecule has 0 saturated carbocycles. The number of rotatable bonds is 5. The zero-order valence-electron chi connectivity index (χ0n) is 13.7. The number of amides is 1. The normalized spacial score (nSPS) is 11.2. The highest BCUT2D eigenvalue weighted by Crippen LogP contribution is 2.19. The maximum absolute atomic E-state index is 12.4. The molecular formula is C15H12ClN5O4S2. The monoisotopic (exact) mass is 425 g/mol. The number of aromatic amines is 1. The van der Waals surface area contributed by atoms with Crippen LogP contribution in [0.2, 0.25) is 5.15 Å². The quantitative estimate of drug-likeness (QED) is 0.573. The van der Waals surface area contributed by atoms with Crippen LogP contribution in [0.25, 0.3) is 0 Å². The SMILES string of the molecule is Cc1[nH]c(=O)sc1C(=O)Nc1ccc(S(=O)(=O)Nc2ccc(Cl)nn2)cc1. The molecule has 2 heterocycles. The van der Waals surface area contributed by atoms with Gasteiger partial charge in [-0.25, -0.2) is 8.42 Å². The Kier molecular flexibility index (Phi) is 5.26. The molecular weight excluding hydrogens is 414 g/mol. The molecule has 0 saturated heterocycles. The molecule has 0 bridgehead atoms. The summed E-state index contributed by atoms with van der Waals surface area (Å²) in [6.07, 6.45) is 0. The number of halogens is 1. The van der Waals surface area contributed by atoms with Crippen LogP contribution in [0.5, 0.6) is 0 Å². The largest absolute Gasteiger partial charge is 0.321 e. The standard InChI is InChI=1S/C15H12ClN5O4S2/c1-8-13(26-15(23)17-8)14(22)18-9-2-4-10(5-3-9)27(24,25)21-12-7-6-11(16)19-20-12/h2-7H,1H3,(H,17,23)(H,18,22)(H,20,21). The number of sulfonamides is 1. The topological polar surface area (TPSA) is 134 Å². The number of benzene rings is 1. The average molecular weight is 426 g/mol. The van der Waals surface area contributed by atoms with Crippen LogP contribution >= 0.6 is 22.9 Å². The Morgan fingerprint density at radius 1 is 1.15 bits per heavy atom. The van der Waals surface area contributed by atoms with Gasteiger partial charge in [0.05, 0.1) is 4.90 Å². The van der Waals surface area contributed by atoms with E-state index in [1.807, 2.05) is 0 Å². The Hall–Kier alpha value is -2.76. The number of nitrogens with zero attached hydrogens (tertiary/aromatic N) is 2. The van der Waals surface area contributed by atoms with Crippen molar-refractivity contribution in [2.75, 3.05) is 10.0 Å². The summed E-state index contributed by atoms with van der Waals surface area (Å²) in [7, 11) is -3.88. The van der Waals surface area contributed by atoms with Crippen LogP contribution < -0.4 is 14.9 Å². The number of nitrogens with one attached hydrogen (secondary N) is 3. The third-order valence-corrected chi connectivity index (χ3v) is 5.88. The van der Waals surface area contributed by atoms with E-state index in [0.29, 0.717) is 11.4 Å². The van der Waals surface area contributed by atoms with Gasteiger partial charge in [-0.2, -0.15) is 0 Å². The molecule has 0 spiro atoms. The van der Waals surface area contributed by atoms with E-state index in [0.717, 1.165) is 11.3 Å². The molecule has 0 aliphatic rings. The van der Waals surface area contributed by atoms with Gasteiger partial charge < -0.3 is 10.3 Å². The summed E-state index contributed by atoms with van der Waals surface area (Å²) >= 11 is 6.41. The Bertz CT molecular complexity index is 1140. The van der Waals surface area contributed by atoms with Crippen molar-refractivity contribution in [3.8, 4) is 0 Å². The van der Waals surface area contributed by atoms with Gasteiger partial charge in [-0.1, -0.05) is 22.9 Å². The second-order valence-corrected chi connectivity index (χ2v) is 8.35. The van der Waals surface area contributed by atoms with Crippen molar-refractivity contribution in [2.45, 2.75) is 11.8 Å². The second-order valence-electron chi connectivity index (χ2n) is 5.29. The number of aromatic nitrogens is 3. The first-order valence-electron chi connectivity index (χ1n) is 7.38. The third-order valence-electron chi connectivity index (χ3n) is 3.32. The molecule has 0 unspecified atom stereocenters. The molecule has 3 rings (SSSR count). The Morgan fingerprint density at radius 3 is 2.41 bits per heavy atom. The Balaban J connectivity index is 1.74. The minimum atomic E-state index is -3.88. The average Bonchev–Trinajstić information content (AvgIpc) is 2.96. The fourth-order valence-electron chi connectivity index (χ4n) is 2.09. The highest BCUT2D eigenvalue weighted by molar-refractivity contribution is 7.92. The Labute approximate surface area is 162 Å². The molecule has 27 heavy (non-hydrogen) atoms. The molecule has 3 aromatic rings. The number of aryl methyl sites for hydroxylation is 1. The minimum absolute atomic E-state index is 0.0228. The number of anilines is 2. The van der Waals surface area contributed by atoms with Crippen LogP contribution in [-0.4, -0.2) is 29.5 Å². The lowest BCUT2D eigenvalue weighted by atomic mass is 10.3. The number of carbonyl (C=O) groups excluding carboxylic acids is 1. The van der Waals surface area contributed by atoms with Crippen LogP contribution in [-0.2, 0) is 10.0 Å². The molecule has 1 aromatic carbocycles. The van der Waals surface area contributed by atoms with E-state index < -0.39 is 15.9 Å². The van der Waals surface area contributed by atoms with Crippen molar-refractivity contribution >= 4 is 50.4 Å². The van der Waals surface area contributed by atoms with Gasteiger partial charge in [0, 0.05) is 11.4 Å². The van der Waals surface area contributed by atoms with Gasteiger partial charge in [-0.15, -0.1) is 10.2 Å². The summed E-state index contributed by atoms with van der Waals surface area (Å²) < 4.78 is 27.0. The van der Waals surface area contributed by atoms with Crippen LogP contribution in [0.15, 0.2) is 46.1 Å². The number of carbonyl (C=O) groups is 1. The summed E-state index contributed by atoms with van der Waals surface area (Å²) in [6.45, 7) is 1.62. The first-order chi connectivity index (χ1) is 12.7. The second kappa shape index (κ2) is 7.47. The third kappa shape index (κ3) is 4.51. The molecule has 140 valence electrons. The lowest BCUT2D eigenvalue weighted by Crippen LogP contribution is -2.15. The molecule has 0 atom stereocenters. The lowest BCUT2D eigenvalue weighted by molar-refractivity contribution is 0.103. The van der Waals surface area contributed by atoms with Crippen molar-refractivity contribution in [1.29, 1.82) is 0 Å². The van der Waals surface area contributed by atoms with E-state index in [4.69, 9.17) is 11.6 Å². The van der Waals surface area contributed by atoms with Gasteiger partial charge in [-0.3, -0.25) is 14.3 Å². The molecule has 0 aliphatic heterocycles. The van der Waals surface area contributed by atoms with Gasteiger partial charge >= 0.3 is 4.87 Å². The first-order valence-corrected chi connectivity index (χ1v) is 10.1. The van der Waals surface area contributed by atoms with Crippen LogP contribution in [0.3, 0.4) is 0 Å². The summed E-state index contributed by atoms with van der Waals surface area (Å²) in [4.78, 5) is 25.9. The molecule has 2 aromatic heterocycles. The van der Waals surface area contributed by atoms with Gasteiger partial charge in [0.1, 0.15) is 4.88 Å². The maximum Gasteiger partial charge on any atom is 0.305 e. The van der Waals surface area contributed by atoms with Crippen LogP contribution in [0, 0.1) is 6.92 Å². The number of hydrogen-bond acceptors (Lipinski definition) is 7. The molecule has 12 heteroatoms. The van der Waals surface area contributed by atoms with E-state index in [1.54, 1.807) is 6.92 Å². The molecule has 1 amide bonds. The van der Waals surface area contributed by atoms with E-state index >= 15 is 0 Å². The van der Waals surface area contributed by atoms with Crippen molar-refractivity contribution in [3.05, 3.63) is 61.8 Å². The van der Waals surface area contributed by atoms with Crippen molar-refractivity contribution < 1.29 is 13.2 Å². The van der Waals surface area contributed by atoms with E-state index in [9.17, 15) is 18.0 Å². The zero-order chi connectivity index (χ0) is 19.6. The maximum atomic E-state index is 12.4. The summed E-state index contributed by atoms with van der Waals surface area (Å²) in [6, 6.07) is 8.31. The molecule has 9 nitrogen and oxygen atoms in total. The van der Waals surface area contributed by atoms with Gasteiger partial charge in [0.2, 0.25) is 0 Å². The van der Waals surface area contributed by atoms with E-state index in [2.05, 4.69) is 25.2 Å². The molecule has 0 radical (unpaired) electrons.